The molecule has 0 saturated carbocycles. The lowest BCUT2D eigenvalue weighted by Crippen LogP contribution is -2.51. The molecule has 1 amide bonds. The lowest BCUT2D eigenvalue weighted by molar-refractivity contribution is 0.0783. The smallest absolute Gasteiger partial charge is 0.267 e. The van der Waals surface area contributed by atoms with Crippen LogP contribution in [0.5, 0.6) is 0 Å². The van der Waals surface area contributed by atoms with Gasteiger partial charge in [0.15, 0.2) is 0 Å². The van der Waals surface area contributed by atoms with Crippen LogP contribution < -0.4 is 10.9 Å². The van der Waals surface area contributed by atoms with Gasteiger partial charge in [0.2, 0.25) is 0 Å². The number of aromatic amines is 2. The van der Waals surface area contributed by atoms with E-state index in [0.717, 1.165) is 37.4 Å². The highest BCUT2D eigenvalue weighted by atomic mass is 16.2. The highest BCUT2D eigenvalue weighted by Gasteiger charge is 2.40. The maximum atomic E-state index is 12.7. The van der Waals surface area contributed by atoms with E-state index in [4.69, 9.17) is 0 Å². The minimum atomic E-state index is -0.146. The van der Waals surface area contributed by atoms with Gasteiger partial charge in [-0.05, 0) is 36.6 Å². The summed E-state index contributed by atoms with van der Waals surface area (Å²) in [6.45, 7) is 3.05. The van der Waals surface area contributed by atoms with Crippen molar-refractivity contribution in [2.75, 3.05) is 19.6 Å². The zero-order valence-corrected chi connectivity index (χ0v) is 16.0. The van der Waals surface area contributed by atoms with Crippen LogP contribution in [0.2, 0.25) is 0 Å². The number of carbonyl (C=O) groups excluding carboxylic acids is 1. The number of carbonyl (C=O) groups is 1. The van der Waals surface area contributed by atoms with E-state index in [0.29, 0.717) is 24.1 Å². The van der Waals surface area contributed by atoms with Gasteiger partial charge in [0.1, 0.15) is 5.69 Å². The van der Waals surface area contributed by atoms with Gasteiger partial charge in [0, 0.05) is 61.9 Å². The average Bonchev–Trinajstić information content (AvgIpc) is 3.42. The molecule has 150 valence electrons. The number of pyridine rings is 1. The van der Waals surface area contributed by atoms with Gasteiger partial charge in [0.25, 0.3) is 11.5 Å². The summed E-state index contributed by atoms with van der Waals surface area (Å²) in [6, 6.07) is 11.0. The molecule has 0 aromatic carbocycles. The van der Waals surface area contributed by atoms with Crippen LogP contribution in [0.3, 0.4) is 0 Å². The molecule has 3 atom stereocenters. The highest BCUT2D eigenvalue weighted by molar-refractivity contribution is 5.92. The Morgan fingerprint density at radius 1 is 1.21 bits per heavy atom. The summed E-state index contributed by atoms with van der Waals surface area (Å²) in [6.07, 6.45) is 4.54. The van der Waals surface area contributed by atoms with E-state index >= 15 is 0 Å². The van der Waals surface area contributed by atoms with Gasteiger partial charge in [-0.2, -0.15) is 5.10 Å². The molecule has 8 heteroatoms. The van der Waals surface area contributed by atoms with E-state index in [9.17, 15) is 9.59 Å². The van der Waals surface area contributed by atoms with Crippen molar-refractivity contribution in [2.45, 2.75) is 24.9 Å². The number of H-pyrrole nitrogens is 2. The largest absolute Gasteiger partial charge is 0.357 e. The number of nitrogens with one attached hydrogen (secondary N) is 3. The number of fused-ring (bicyclic) bond motifs is 4. The van der Waals surface area contributed by atoms with Crippen molar-refractivity contribution in [3.05, 3.63) is 76.2 Å². The number of hydrogen-bond acceptors (Lipinski definition) is 4. The second-order valence-corrected chi connectivity index (χ2v) is 7.99. The van der Waals surface area contributed by atoms with Gasteiger partial charge in [-0.25, -0.2) is 0 Å². The van der Waals surface area contributed by atoms with E-state index in [1.165, 1.54) is 0 Å². The first-order valence-electron chi connectivity index (χ1n) is 10.0. The molecule has 3 aromatic rings. The van der Waals surface area contributed by atoms with E-state index < -0.39 is 0 Å². The third-order valence-electron chi connectivity index (χ3n) is 6.14. The van der Waals surface area contributed by atoms with Gasteiger partial charge >= 0.3 is 0 Å². The summed E-state index contributed by atoms with van der Waals surface area (Å²) in [5.41, 5.74) is 2.70. The summed E-state index contributed by atoms with van der Waals surface area (Å²) < 4.78 is 1.92. The fourth-order valence-electron chi connectivity index (χ4n) is 4.91. The van der Waals surface area contributed by atoms with Crippen LogP contribution in [0.15, 0.2) is 53.6 Å². The van der Waals surface area contributed by atoms with E-state index in [-0.39, 0.29) is 17.5 Å². The van der Waals surface area contributed by atoms with Gasteiger partial charge in [-0.1, -0.05) is 6.07 Å². The lowest BCUT2D eigenvalue weighted by atomic mass is 9.78. The zero-order chi connectivity index (χ0) is 19.8. The predicted molar refractivity (Wildman–Crippen MR) is 108 cm³/mol. The van der Waals surface area contributed by atoms with Crippen molar-refractivity contribution < 1.29 is 4.79 Å². The van der Waals surface area contributed by atoms with Crippen LogP contribution in [-0.4, -0.2) is 50.2 Å². The van der Waals surface area contributed by atoms with E-state index in [1.807, 2.05) is 16.7 Å². The Morgan fingerprint density at radius 3 is 2.93 bits per heavy atom. The quantitative estimate of drug-likeness (QED) is 0.613. The highest BCUT2D eigenvalue weighted by Crippen LogP contribution is 2.41. The SMILES string of the molecule is O=C(NC[C@H]1[C@H]2C[C@H](CN(Cc3ccn[nH]3)C2)c2cccc(=O)n21)c1ccc[nH]1. The van der Waals surface area contributed by atoms with Gasteiger partial charge in [-0.15, -0.1) is 0 Å². The van der Waals surface area contributed by atoms with Crippen molar-refractivity contribution in [1.29, 1.82) is 0 Å². The number of piperidine rings is 1. The Kier molecular flexibility index (Phi) is 4.55. The molecule has 29 heavy (non-hydrogen) atoms. The average molecular weight is 392 g/mol. The van der Waals surface area contributed by atoms with Crippen molar-refractivity contribution >= 4 is 5.91 Å². The van der Waals surface area contributed by atoms with Crippen molar-refractivity contribution in [2.24, 2.45) is 5.92 Å². The first-order chi connectivity index (χ1) is 14.2. The number of rotatable bonds is 5. The molecular weight excluding hydrogens is 368 g/mol. The molecule has 3 N–H and O–H groups in total. The van der Waals surface area contributed by atoms with Crippen molar-refractivity contribution in [1.82, 2.24) is 30.0 Å². The van der Waals surface area contributed by atoms with Gasteiger partial charge in [0.05, 0.1) is 6.04 Å². The Balaban J connectivity index is 1.41. The van der Waals surface area contributed by atoms with Crippen LogP contribution in [0, 0.1) is 5.92 Å². The van der Waals surface area contributed by atoms with E-state index in [2.05, 4.69) is 31.5 Å². The minimum Gasteiger partial charge on any atom is -0.357 e. The first-order valence-corrected chi connectivity index (χ1v) is 10.0. The maximum absolute atomic E-state index is 12.7. The van der Waals surface area contributed by atoms with Crippen LogP contribution in [-0.2, 0) is 6.54 Å². The number of aromatic nitrogens is 4. The molecule has 0 aliphatic carbocycles. The Hall–Kier alpha value is -3.13. The Bertz CT molecular complexity index is 1040. The summed E-state index contributed by atoms with van der Waals surface area (Å²) in [5.74, 6) is 0.474. The topological polar surface area (TPSA) is 98.8 Å². The van der Waals surface area contributed by atoms with Crippen LogP contribution in [0.4, 0.5) is 0 Å². The fourth-order valence-corrected chi connectivity index (χ4v) is 4.91. The predicted octanol–water partition coefficient (Wildman–Crippen LogP) is 1.49. The summed E-state index contributed by atoms with van der Waals surface area (Å²) in [7, 11) is 0. The van der Waals surface area contributed by atoms with Gasteiger partial charge in [-0.3, -0.25) is 19.6 Å². The Morgan fingerprint density at radius 2 is 2.14 bits per heavy atom. The third-order valence-corrected chi connectivity index (χ3v) is 6.14. The zero-order valence-electron chi connectivity index (χ0n) is 16.0. The molecule has 0 radical (unpaired) electrons. The summed E-state index contributed by atoms with van der Waals surface area (Å²) in [5, 5.41) is 10.1. The fraction of sp³-hybridized carbons (Fsp3) is 0.381. The number of likely N-dealkylation sites (tertiary alicyclic amines) is 1. The second-order valence-electron chi connectivity index (χ2n) is 7.99. The molecule has 5 rings (SSSR count). The molecule has 2 aliphatic heterocycles. The molecule has 0 unspecified atom stereocenters. The molecule has 1 saturated heterocycles. The molecule has 2 aliphatic rings. The lowest BCUT2D eigenvalue weighted by Gasteiger charge is -2.47. The molecular formula is C21H24N6O2. The summed E-state index contributed by atoms with van der Waals surface area (Å²) in [4.78, 5) is 30.5. The minimum absolute atomic E-state index is 0.0124. The third kappa shape index (κ3) is 3.40. The Labute approximate surface area is 167 Å². The molecule has 0 spiro atoms. The standard InChI is InChI=1S/C21H24N6O2/c28-20-5-1-4-18-14-9-15(12-26(11-14)13-16-6-8-24-25-16)19(27(18)20)10-23-21(29)17-3-2-7-22-17/h1-8,14-15,19,22H,9-13H2,(H,23,29)(H,24,25)/t14-,15+,19+/m1/s1. The number of nitrogens with zero attached hydrogens (tertiary/aromatic N) is 3. The molecule has 8 nitrogen and oxygen atoms in total. The molecule has 2 bridgehead atoms. The molecule has 5 heterocycles. The van der Waals surface area contributed by atoms with Crippen LogP contribution in [0.25, 0.3) is 0 Å². The van der Waals surface area contributed by atoms with Crippen molar-refractivity contribution in [3.63, 3.8) is 0 Å². The maximum Gasteiger partial charge on any atom is 0.267 e. The molecule has 3 aromatic heterocycles. The van der Waals surface area contributed by atoms with E-state index in [1.54, 1.807) is 30.6 Å². The number of amides is 1. The second kappa shape index (κ2) is 7.36. The van der Waals surface area contributed by atoms with Gasteiger partial charge < -0.3 is 14.9 Å². The van der Waals surface area contributed by atoms with Crippen LogP contribution >= 0.6 is 0 Å². The monoisotopic (exact) mass is 392 g/mol. The number of hydrogen-bond donors (Lipinski definition) is 3. The summed E-state index contributed by atoms with van der Waals surface area (Å²) >= 11 is 0. The normalized spacial score (nSPS) is 23.5. The molecule has 1 fully saturated rings. The first kappa shape index (κ1) is 17.9. The van der Waals surface area contributed by atoms with Crippen LogP contribution in [0.1, 0.15) is 40.3 Å². The van der Waals surface area contributed by atoms with Crippen molar-refractivity contribution in [3.8, 4) is 0 Å².